The molecular formula is C4H8ClNO. The number of rotatable bonds is 2. The van der Waals surface area contributed by atoms with Gasteiger partial charge >= 0.3 is 0 Å². The molecule has 0 aromatic carbocycles. The molecular weight excluding hydrogens is 114 g/mol. The largest absolute Gasteiger partial charge is 0.370 e. The standard InChI is InChI=1S/C4H8ClNO/c1-3(5)2-4(6)7/h3H,2H2,1H3,(H2,6,7)/t3-/m1/s1. The molecule has 1 amide bonds. The van der Waals surface area contributed by atoms with Crippen molar-refractivity contribution in [3.8, 4) is 0 Å². The quantitative estimate of drug-likeness (QED) is 0.531. The summed E-state index contributed by atoms with van der Waals surface area (Å²) in [6, 6.07) is 0. The van der Waals surface area contributed by atoms with Crippen molar-refractivity contribution in [3.05, 3.63) is 0 Å². The van der Waals surface area contributed by atoms with Crippen LogP contribution in [0.1, 0.15) is 13.3 Å². The Labute approximate surface area is 47.6 Å². The molecule has 2 nitrogen and oxygen atoms in total. The Hall–Kier alpha value is -0.240. The minimum Gasteiger partial charge on any atom is -0.370 e. The monoisotopic (exact) mass is 121 g/mol. The molecule has 0 aromatic rings. The van der Waals surface area contributed by atoms with E-state index in [1.54, 1.807) is 6.92 Å². The van der Waals surface area contributed by atoms with E-state index in [0.717, 1.165) is 0 Å². The Kier molecular flexibility index (Phi) is 2.76. The lowest BCUT2D eigenvalue weighted by Gasteiger charge is -1.93. The third-order valence-electron chi connectivity index (χ3n) is 0.482. The van der Waals surface area contributed by atoms with Crippen LogP contribution in [0.3, 0.4) is 0 Å². The first-order chi connectivity index (χ1) is 3.13. The number of primary amides is 1. The van der Waals surface area contributed by atoms with E-state index in [0.29, 0.717) is 0 Å². The number of amides is 1. The van der Waals surface area contributed by atoms with Gasteiger partial charge in [0.05, 0.1) is 0 Å². The lowest BCUT2D eigenvalue weighted by Crippen LogP contribution is -2.14. The summed E-state index contributed by atoms with van der Waals surface area (Å²) in [5.74, 6) is -0.345. The highest BCUT2D eigenvalue weighted by Crippen LogP contribution is 1.96. The average molecular weight is 122 g/mol. The number of alkyl halides is 1. The molecule has 0 fully saturated rings. The fraction of sp³-hybridized carbons (Fsp3) is 0.750. The van der Waals surface area contributed by atoms with Crippen LogP contribution in [0.25, 0.3) is 0 Å². The van der Waals surface area contributed by atoms with E-state index >= 15 is 0 Å². The Morgan fingerprint density at radius 1 is 2.00 bits per heavy atom. The summed E-state index contributed by atoms with van der Waals surface area (Å²) in [4.78, 5) is 9.95. The van der Waals surface area contributed by atoms with E-state index in [9.17, 15) is 4.79 Å². The van der Waals surface area contributed by atoms with Crippen LogP contribution < -0.4 is 5.73 Å². The lowest BCUT2D eigenvalue weighted by atomic mass is 10.3. The van der Waals surface area contributed by atoms with E-state index in [1.165, 1.54) is 0 Å². The van der Waals surface area contributed by atoms with Crippen LogP contribution in [-0.4, -0.2) is 11.3 Å². The van der Waals surface area contributed by atoms with Crippen molar-refractivity contribution in [2.24, 2.45) is 5.73 Å². The second-order valence-electron chi connectivity index (χ2n) is 1.45. The van der Waals surface area contributed by atoms with Crippen molar-refractivity contribution in [1.82, 2.24) is 0 Å². The molecule has 0 aliphatic carbocycles. The van der Waals surface area contributed by atoms with Gasteiger partial charge in [-0.3, -0.25) is 4.79 Å². The zero-order chi connectivity index (χ0) is 5.86. The topological polar surface area (TPSA) is 43.1 Å². The summed E-state index contributed by atoms with van der Waals surface area (Å²) in [6.07, 6.45) is 0.265. The molecule has 0 aliphatic rings. The summed E-state index contributed by atoms with van der Waals surface area (Å²) in [7, 11) is 0. The first kappa shape index (κ1) is 6.76. The molecule has 2 N–H and O–H groups in total. The van der Waals surface area contributed by atoms with Crippen molar-refractivity contribution in [1.29, 1.82) is 0 Å². The zero-order valence-corrected chi connectivity index (χ0v) is 4.90. The van der Waals surface area contributed by atoms with Crippen molar-refractivity contribution in [3.63, 3.8) is 0 Å². The number of nitrogens with two attached hydrogens (primary N) is 1. The predicted molar refractivity (Wildman–Crippen MR) is 29.1 cm³/mol. The highest BCUT2D eigenvalue weighted by atomic mass is 35.5. The molecule has 3 heteroatoms. The normalized spacial score (nSPS) is 13.4. The van der Waals surface area contributed by atoms with Crippen molar-refractivity contribution >= 4 is 17.5 Å². The van der Waals surface area contributed by atoms with Crippen LogP contribution in [0.2, 0.25) is 0 Å². The number of hydrogen-bond acceptors (Lipinski definition) is 1. The van der Waals surface area contributed by atoms with E-state index in [4.69, 9.17) is 17.3 Å². The smallest absolute Gasteiger partial charge is 0.218 e. The lowest BCUT2D eigenvalue weighted by molar-refractivity contribution is -0.117. The van der Waals surface area contributed by atoms with E-state index < -0.39 is 0 Å². The molecule has 0 radical (unpaired) electrons. The first-order valence-corrected chi connectivity index (χ1v) is 2.49. The van der Waals surface area contributed by atoms with Crippen LogP contribution in [0.15, 0.2) is 0 Å². The molecule has 0 aliphatic heterocycles. The van der Waals surface area contributed by atoms with Crippen molar-refractivity contribution in [2.45, 2.75) is 18.7 Å². The van der Waals surface area contributed by atoms with E-state index in [2.05, 4.69) is 0 Å². The molecule has 0 heterocycles. The third kappa shape index (κ3) is 5.76. The second kappa shape index (κ2) is 2.86. The number of hydrogen-bond donors (Lipinski definition) is 1. The summed E-state index contributed by atoms with van der Waals surface area (Å²) in [5.41, 5.74) is 4.77. The molecule has 1 atom stereocenters. The predicted octanol–water partition coefficient (Wildman–Crippen LogP) is 0.489. The molecule has 0 aromatic heterocycles. The first-order valence-electron chi connectivity index (χ1n) is 2.05. The number of halogens is 1. The fourth-order valence-electron chi connectivity index (χ4n) is 0.277. The SMILES string of the molecule is C[C@@H](Cl)CC(N)=O. The molecule has 7 heavy (non-hydrogen) atoms. The highest BCUT2D eigenvalue weighted by molar-refractivity contribution is 6.21. The summed E-state index contributed by atoms with van der Waals surface area (Å²) in [5, 5.41) is -0.127. The summed E-state index contributed by atoms with van der Waals surface area (Å²) >= 11 is 5.37. The maximum atomic E-state index is 9.95. The Balaban J connectivity index is 3.13. The van der Waals surface area contributed by atoms with Crippen LogP contribution in [-0.2, 0) is 4.79 Å². The van der Waals surface area contributed by atoms with Gasteiger partial charge in [0.25, 0.3) is 0 Å². The van der Waals surface area contributed by atoms with Crippen molar-refractivity contribution < 1.29 is 4.79 Å². The molecule has 0 saturated carbocycles. The molecule has 0 rings (SSSR count). The molecule has 0 saturated heterocycles. The van der Waals surface area contributed by atoms with Gasteiger partial charge < -0.3 is 5.73 Å². The van der Waals surface area contributed by atoms with Gasteiger partial charge in [0.1, 0.15) is 0 Å². The molecule has 0 unspecified atom stereocenters. The van der Waals surface area contributed by atoms with Crippen molar-refractivity contribution in [2.75, 3.05) is 0 Å². The van der Waals surface area contributed by atoms with Crippen LogP contribution in [0.5, 0.6) is 0 Å². The maximum Gasteiger partial charge on any atom is 0.218 e. The Bertz CT molecular complexity index is 72.1. The summed E-state index contributed by atoms with van der Waals surface area (Å²) < 4.78 is 0. The van der Waals surface area contributed by atoms with Gasteiger partial charge in [0.15, 0.2) is 0 Å². The number of carbonyl (C=O) groups excluding carboxylic acids is 1. The van der Waals surface area contributed by atoms with Gasteiger partial charge in [0.2, 0.25) is 5.91 Å². The van der Waals surface area contributed by atoms with Gasteiger partial charge in [-0.2, -0.15) is 0 Å². The van der Waals surface area contributed by atoms with E-state index in [1.807, 2.05) is 0 Å². The van der Waals surface area contributed by atoms with Gasteiger partial charge in [0, 0.05) is 11.8 Å². The van der Waals surface area contributed by atoms with Gasteiger partial charge in [-0.25, -0.2) is 0 Å². The maximum absolute atomic E-state index is 9.95. The van der Waals surface area contributed by atoms with Crippen LogP contribution in [0.4, 0.5) is 0 Å². The van der Waals surface area contributed by atoms with Crippen LogP contribution >= 0.6 is 11.6 Å². The fourth-order valence-corrected chi connectivity index (χ4v) is 0.429. The minimum atomic E-state index is -0.345. The Morgan fingerprint density at radius 2 is 2.43 bits per heavy atom. The van der Waals surface area contributed by atoms with Gasteiger partial charge in [-0.15, -0.1) is 11.6 Å². The molecule has 0 bridgehead atoms. The minimum absolute atomic E-state index is 0.127. The molecule has 0 spiro atoms. The van der Waals surface area contributed by atoms with Crippen LogP contribution in [0, 0.1) is 0 Å². The summed E-state index contributed by atoms with van der Waals surface area (Å²) in [6.45, 7) is 1.73. The number of carbonyl (C=O) groups is 1. The van der Waals surface area contributed by atoms with E-state index in [-0.39, 0.29) is 17.7 Å². The molecule has 42 valence electrons. The Morgan fingerprint density at radius 3 is 2.43 bits per heavy atom. The second-order valence-corrected chi connectivity index (χ2v) is 2.20. The average Bonchev–Trinajstić information content (AvgIpc) is 1.27. The highest BCUT2D eigenvalue weighted by Gasteiger charge is 1.98. The zero-order valence-electron chi connectivity index (χ0n) is 4.15. The van der Waals surface area contributed by atoms with Gasteiger partial charge in [-0.1, -0.05) is 0 Å². The van der Waals surface area contributed by atoms with Gasteiger partial charge in [-0.05, 0) is 6.92 Å². The third-order valence-corrected chi connectivity index (χ3v) is 0.637.